The van der Waals surface area contributed by atoms with Gasteiger partial charge in [0.1, 0.15) is 11.8 Å². The van der Waals surface area contributed by atoms with Crippen molar-refractivity contribution in [2.24, 2.45) is 5.92 Å². The van der Waals surface area contributed by atoms with Crippen LogP contribution in [0.3, 0.4) is 0 Å². The molecule has 0 radical (unpaired) electrons. The Morgan fingerprint density at radius 1 is 1.23 bits per heavy atom. The fourth-order valence-corrected chi connectivity index (χ4v) is 4.17. The number of hydrogen-bond acceptors (Lipinski definition) is 5. The second kappa shape index (κ2) is 9.14. The summed E-state index contributed by atoms with van der Waals surface area (Å²) in [4.78, 5) is 16.0. The number of halogens is 2. The molecule has 3 aromatic rings. The van der Waals surface area contributed by atoms with Gasteiger partial charge in [-0.3, -0.25) is 0 Å². The minimum absolute atomic E-state index is 0.607. The summed E-state index contributed by atoms with van der Waals surface area (Å²) in [5, 5.41) is 3.96. The van der Waals surface area contributed by atoms with Crippen LogP contribution in [-0.4, -0.2) is 32.9 Å². The standard InChI is InChI=1S/C23H23BrClN5/c1-3-15(2)30-10-8-16(9-11-30)12-17-5-7-21-22(28-17)23(27-14-26-21)29-18-4-6-19(24)20(25)13-18/h3-7,13-14,16H,1-2,8-12H2,(H,26,27,29). The van der Waals surface area contributed by atoms with Gasteiger partial charge >= 0.3 is 0 Å². The molecule has 5 nitrogen and oxygen atoms in total. The van der Waals surface area contributed by atoms with E-state index in [4.69, 9.17) is 16.6 Å². The summed E-state index contributed by atoms with van der Waals surface area (Å²) in [6.07, 6.45) is 6.58. The van der Waals surface area contributed by atoms with Gasteiger partial charge in [0, 0.05) is 34.6 Å². The van der Waals surface area contributed by atoms with Crippen LogP contribution in [0.5, 0.6) is 0 Å². The first kappa shape index (κ1) is 20.8. The lowest BCUT2D eigenvalue weighted by Crippen LogP contribution is -2.33. The van der Waals surface area contributed by atoms with Crippen molar-refractivity contribution in [3.63, 3.8) is 0 Å². The van der Waals surface area contributed by atoms with Gasteiger partial charge in [-0.05, 0) is 77.5 Å². The minimum Gasteiger partial charge on any atom is -0.372 e. The monoisotopic (exact) mass is 483 g/mol. The van der Waals surface area contributed by atoms with E-state index in [-0.39, 0.29) is 0 Å². The Morgan fingerprint density at radius 3 is 2.77 bits per heavy atom. The highest BCUT2D eigenvalue weighted by molar-refractivity contribution is 9.10. The van der Waals surface area contributed by atoms with Gasteiger partial charge in [0.15, 0.2) is 5.82 Å². The lowest BCUT2D eigenvalue weighted by molar-refractivity contribution is 0.231. The number of rotatable bonds is 6. The number of fused-ring (bicyclic) bond motifs is 1. The normalized spacial score (nSPS) is 14.7. The Kier molecular flexibility index (Phi) is 6.35. The maximum Gasteiger partial charge on any atom is 0.160 e. The van der Waals surface area contributed by atoms with Gasteiger partial charge in [-0.2, -0.15) is 0 Å². The molecule has 0 saturated carbocycles. The van der Waals surface area contributed by atoms with Crippen molar-refractivity contribution in [2.75, 3.05) is 18.4 Å². The Morgan fingerprint density at radius 2 is 2.03 bits per heavy atom. The maximum atomic E-state index is 6.22. The molecule has 154 valence electrons. The number of allylic oxidation sites excluding steroid dienone is 1. The van der Waals surface area contributed by atoms with E-state index in [0.29, 0.717) is 16.8 Å². The molecule has 0 atom stereocenters. The second-order valence-electron chi connectivity index (χ2n) is 7.48. The first-order valence-corrected chi connectivity index (χ1v) is 11.1. The molecule has 1 aromatic carbocycles. The third-order valence-corrected chi connectivity index (χ3v) is 6.71. The lowest BCUT2D eigenvalue weighted by atomic mass is 9.91. The molecule has 0 unspecified atom stereocenters. The average molecular weight is 485 g/mol. The van der Waals surface area contributed by atoms with Gasteiger partial charge < -0.3 is 10.2 Å². The molecule has 3 heterocycles. The maximum absolute atomic E-state index is 6.22. The van der Waals surface area contributed by atoms with Gasteiger partial charge in [-0.1, -0.05) is 24.8 Å². The van der Waals surface area contributed by atoms with E-state index in [2.05, 4.69) is 55.3 Å². The van der Waals surface area contributed by atoms with Crippen molar-refractivity contribution in [3.05, 3.63) is 76.8 Å². The zero-order valence-corrected chi connectivity index (χ0v) is 19.0. The fraction of sp³-hybridized carbons (Fsp3) is 0.261. The molecule has 7 heteroatoms. The molecule has 1 aliphatic rings. The summed E-state index contributed by atoms with van der Waals surface area (Å²) >= 11 is 9.64. The molecule has 1 aliphatic heterocycles. The molecule has 1 N–H and O–H groups in total. The molecule has 1 saturated heterocycles. The van der Waals surface area contributed by atoms with E-state index >= 15 is 0 Å². The SMILES string of the molecule is C=CC(=C)N1CCC(Cc2ccc3ncnc(Nc4ccc(Br)c(Cl)c4)c3n2)CC1. The number of benzene rings is 1. The van der Waals surface area contributed by atoms with Crippen LogP contribution in [-0.2, 0) is 6.42 Å². The summed E-state index contributed by atoms with van der Waals surface area (Å²) in [5.41, 5.74) is 4.52. The average Bonchev–Trinajstić information content (AvgIpc) is 2.77. The Bertz CT molecular complexity index is 1090. The Balaban J connectivity index is 1.52. The number of hydrogen-bond donors (Lipinski definition) is 1. The quantitative estimate of drug-likeness (QED) is 0.426. The van der Waals surface area contributed by atoms with Gasteiger partial charge in [-0.15, -0.1) is 0 Å². The largest absolute Gasteiger partial charge is 0.372 e. The van der Waals surface area contributed by atoms with Crippen molar-refractivity contribution >= 4 is 50.1 Å². The van der Waals surface area contributed by atoms with Crippen molar-refractivity contribution in [2.45, 2.75) is 19.3 Å². The molecule has 0 spiro atoms. The third kappa shape index (κ3) is 4.65. The van der Waals surface area contributed by atoms with Gasteiger partial charge in [0.05, 0.1) is 10.5 Å². The highest BCUT2D eigenvalue weighted by Crippen LogP contribution is 2.29. The Hall–Kier alpha value is -2.44. The molecule has 0 aliphatic carbocycles. The predicted molar refractivity (Wildman–Crippen MR) is 127 cm³/mol. The van der Waals surface area contributed by atoms with Crippen LogP contribution in [0.15, 0.2) is 66.1 Å². The summed E-state index contributed by atoms with van der Waals surface area (Å²) in [6.45, 7) is 9.91. The minimum atomic E-state index is 0.607. The lowest BCUT2D eigenvalue weighted by Gasteiger charge is -2.33. The highest BCUT2D eigenvalue weighted by Gasteiger charge is 2.20. The van der Waals surface area contributed by atoms with E-state index in [1.54, 1.807) is 6.33 Å². The van der Waals surface area contributed by atoms with Crippen molar-refractivity contribution < 1.29 is 0 Å². The molecule has 0 amide bonds. The van der Waals surface area contributed by atoms with E-state index < -0.39 is 0 Å². The van der Waals surface area contributed by atoms with Gasteiger partial charge in [-0.25, -0.2) is 15.0 Å². The highest BCUT2D eigenvalue weighted by atomic mass is 79.9. The first-order valence-electron chi connectivity index (χ1n) is 9.92. The number of pyridine rings is 1. The number of nitrogens with one attached hydrogen (secondary N) is 1. The van der Waals surface area contributed by atoms with Gasteiger partial charge in [0.25, 0.3) is 0 Å². The topological polar surface area (TPSA) is 53.9 Å². The molecule has 1 fully saturated rings. The van der Waals surface area contributed by atoms with Crippen LogP contribution in [0.25, 0.3) is 11.0 Å². The van der Waals surface area contributed by atoms with Gasteiger partial charge in [0.2, 0.25) is 0 Å². The molecule has 30 heavy (non-hydrogen) atoms. The van der Waals surface area contributed by atoms with Crippen LogP contribution in [0.4, 0.5) is 11.5 Å². The van der Waals surface area contributed by atoms with Crippen LogP contribution < -0.4 is 5.32 Å². The van der Waals surface area contributed by atoms with E-state index in [9.17, 15) is 0 Å². The van der Waals surface area contributed by atoms with Crippen LogP contribution in [0.2, 0.25) is 5.02 Å². The predicted octanol–water partition coefficient (Wildman–Crippen LogP) is 6.14. The number of piperidine rings is 1. The van der Waals surface area contributed by atoms with Crippen LogP contribution in [0, 0.1) is 5.92 Å². The zero-order valence-electron chi connectivity index (χ0n) is 16.6. The second-order valence-corrected chi connectivity index (χ2v) is 8.74. The Labute approximate surface area is 190 Å². The zero-order chi connectivity index (χ0) is 21.1. The first-order chi connectivity index (χ1) is 14.5. The summed E-state index contributed by atoms with van der Waals surface area (Å²) in [6, 6.07) is 9.80. The fourth-order valence-electron chi connectivity index (χ4n) is 3.75. The van der Waals surface area contributed by atoms with Crippen molar-refractivity contribution in [1.82, 2.24) is 19.9 Å². The van der Waals surface area contributed by atoms with Crippen LogP contribution in [0.1, 0.15) is 18.5 Å². The summed E-state index contributed by atoms with van der Waals surface area (Å²) in [7, 11) is 0. The summed E-state index contributed by atoms with van der Waals surface area (Å²) < 4.78 is 0.852. The summed E-state index contributed by atoms with van der Waals surface area (Å²) in [5.74, 6) is 1.28. The number of aromatic nitrogens is 3. The molecular formula is C23H23BrClN5. The van der Waals surface area contributed by atoms with E-state index in [1.807, 2.05) is 30.3 Å². The molecule has 2 aromatic heterocycles. The third-order valence-electron chi connectivity index (χ3n) is 5.48. The van der Waals surface area contributed by atoms with Crippen molar-refractivity contribution in [1.29, 1.82) is 0 Å². The van der Waals surface area contributed by atoms with Crippen LogP contribution >= 0.6 is 27.5 Å². The number of nitrogens with zero attached hydrogens (tertiary/aromatic N) is 4. The van der Waals surface area contributed by atoms with E-state index in [1.165, 1.54) is 0 Å². The molecule has 4 rings (SSSR count). The number of likely N-dealkylation sites (tertiary alicyclic amines) is 1. The van der Waals surface area contributed by atoms with E-state index in [0.717, 1.165) is 64.9 Å². The van der Waals surface area contributed by atoms with Crippen molar-refractivity contribution in [3.8, 4) is 0 Å². The molecule has 0 bridgehead atoms. The number of anilines is 2. The smallest absolute Gasteiger partial charge is 0.160 e. The molecular weight excluding hydrogens is 462 g/mol.